The molecule has 3 rings (SSSR count). The van der Waals surface area contributed by atoms with E-state index in [1.165, 1.54) is 6.92 Å². The lowest BCUT2D eigenvalue weighted by Gasteiger charge is -2.23. The van der Waals surface area contributed by atoms with E-state index in [0.29, 0.717) is 5.75 Å². The number of rotatable bonds is 5. The molecule has 7 heteroatoms. The number of benzene rings is 2. The number of ether oxygens (including phenoxy) is 1. The van der Waals surface area contributed by atoms with Crippen LogP contribution in [0.3, 0.4) is 0 Å². The molecule has 0 aliphatic carbocycles. The monoisotopic (exact) mass is 374 g/mol. The average molecular weight is 374 g/mol. The highest BCUT2D eigenvalue weighted by atomic mass is 19.1. The van der Waals surface area contributed by atoms with Gasteiger partial charge in [-0.3, -0.25) is 9.69 Å². The van der Waals surface area contributed by atoms with Gasteiger partial charge in [0.2, 0.25) is 0 Å². The first kappa shape index (κ1) is 18.8. The van der Waals surface area contributed by atoms with Crippen molar-refractivity contribution in [2.75, 3.05) is 13.2 Å². The van der Waals surface area contributed by atoms with Gasteiger partial charge >= 0.3 is 6.03 Å². The van der Waals surface area contributed by atoms with Crippen LogP contribution in [-0.4, -0.2) is 30.0 Å². The van der Waals surface area contributed by atoms with Gasteiger partial charge in [0, 0.05) is 5.56 Å². The molecular weight excluding hydrogens is 354 g/mol. The van der Waals surface area contributed by atoms with Crippen LogP contribution >= 0.6 is 0 Å². The fraction of sp³-hybridized carbons (Fsp3) is 0.300. The summed E-state index contributed by atoms with van der Waals surface area (Å²) >= 11 is 0. The fourth-order valence-corrected chi connectivity index (χ4v) is 3.07. The van der Waals surface area contributed by atoms with E-state index in [9.17, 15) is 18.4 Å². The summed E-state index contributed by atoms with van der Waals surface area (Å²) in [6, 6.07) is 7.88. The Hall–Kier alpha value is -2.96. The summed E-state index contributed by atoms with van der Waals surface area (Å²) in [6.07, 6.45) is 0. The summed E-state index contributed by atoms with van der Waals surface area (Å²) in [4.78, 5) is 26.0. The number of halogens is 2. The molecule has 1 N–H and O–H groups in total. The first-order valence-corrected chi connectivity index (χ1v) is 8.52. The molecule has 0 saturated carbocycles. The molecule has 3 amide bonds. The van der Waals surface area contributed by atoms with Gasteiger partial charge in [-0.2, -0.15) is 0 Å². The Balaban J connectivity index is 1.74. The van der Waals surface area contributed by atoms with Crippen molar-refractivity contribution in [3.63, 3.8) is 0 Å². The van der Waals surface area contributed by atoms with E-state index in [0.717, 1.165) is 34.2 Å². The van der Waals surface area contributed by atoms with Crippen LogP contribution in [0.5, 0.6) is 5.75 Å². The van der Waals surface area contributed by atoms with Crippen LogP contribution in [0, 0.1) is 25.5 Å². The van der Waals surface area contributed by atoms with Crippen molar-refractivity contribution in [1.29, 1.82) is 0 Å². The zero-order valence-corrected chi connectivity index (χ0v) is 15.3. The lowest BCUT2D eigenvalue weighted by molar-refractivity contribution is -0.131. The zero-order valence-electron chi connectivity index (χ0n) is 15.3. The van der Waals surface area contributed by atoms with Gasteiger partial charge < -0.3 is 10.1 Å². The first-order valence-electron chi connectivity index (χ1n) is 8.52. The van der Waals surface area contributed by atoms with Crippen LogP contribution in [0.15, 0.2) is 36.4 Å². The van der Waals surface area contributed by atoms with Gasteiger partial charge in [0.25, 0.3) is 5.91 Å². The molecule has 0 spiro atoms. The van der Waals surface area contributed by atoms with E-state index in [4.69, 9.17) is 4.74 Å². The lowest BCUT2D eigenvalue weighted by atomic mass is 9.91. The second-order valence-corrected chi connectivity index (χ2v) is 6.75. The van der Waals surface area contributed by atoms with E-state index in [-0.39, 0.29) is 18.7 Å². The Morgan fingerprint density at radius 1 is 1.11 bits per heavy atom. The fourth-order valence-electron chi connectivity index (χ4n) is 3.07. The van der Waals surface area contributed by atoms with E-state index in [2.05, 4.69) is 5.32 Å². The van der Waals surface area contributed by atoms with Crippen LogP contribution in [0.2, 0.25) is 0 Å². The van der Waals surface area contributed by atoms with E-state index in [1.54, 1.807) is 0 Å². The van der Waals surface area contributed by atoms with Gasteiger partial charge in [-0.25, -0.2) is 13.6 Å². The minimum Gasteiger partial charge on any atom is -0.491 e. The average Bonchev–Trinajstić information content (AvgIpc) is 2.83. The van der Waals surface area contributed by atoms with Crippen LogP contribution in [0.1, 0.15) is 23.6 Å². The molecule has 5 nitrogen and oxygen atoms in total. The summed E-state index contributed by atoms with van der Waals surface area (Å²) in [7, 11) is 0. The van der Waals surface area contributed by atoms with Gasteiger partial charge in [-0.15, -0.1) is 0 Å². The lowest BCUT2D eigenvalue weighted by Crippen LogP contribution is -2.42. The molecule has 1 heterocycles. The normalized spacial score (nSPS) is 19.4. The maximum Gasteiger partial charge on any atom is 0.325 e. The van der Waals surface area contributed by atoms with Crippen molar-refractivity contribution in [3.8, 4) is 5.75 Å². The zero-order chi connectivity index (χ0) is 19.8. The molecular formula is C20H20F2N2O3. The maximum atomic E-state index is 14.1. The minimum atomic E-state index is -1.66. The molecule has 1 unspecified atom stereocenters. The summed E-state index contributed by atoms with van der Waals surface area (Å²) < 4.78 is 33.3. The number of nitrogens with zero attached hydrogens (tertiary/aromatic N) is 1. The predicted octanol–water partition coefficient (Wildman–Crippen LogP) is 3.43. The molecule has 1 aliphatic heterocycles. The molecule has 1 fully saturated rings. The quantitative estimate of drug-likeness (QED) is 0.816. The summed E-state index contributed by atoms with van der Waals surface area (Å²) in [5.41, 5.74) is 0.0886. The molecule has 0 radical (unpaired) electrons. The highest BCUT2D eigenvalue weighted by Gasteiger charge is 2.50. The molecule has 27 heavy (non-hydrogen) atoms. The first-order chi connectivity index (χ1) is 12.7. The number of nitrogens with one attached hydrogen (secondary N) is 1. The van der Waals surface area contributed by atoms with Crippen LogP contribution in [0.4, 0.5) is 13.6 Å². The standard InChI is InChI=1S/C20H20F2N2O3/c1-12-4-5-13(2)17(10-12)27-9-8-24-18(25)20(3,23-19(24)26)15-11-14(21)6-7-16(15)22/h4-7,10-11H,8-9H2,1-3H3,(H,23,26). The van der Waals surface area contributed by atoms with Gasteiger partial charge in [-0.1, -0.05) is 12.1 Å². The second-order valence-electron chi connectivity index (χ2n) is 6.75. The number of aryl methyl sites for hydroxylation is 2. The number of carbonyl (C=O) groups excluding carboxylic acids is 2. The Bertz CT molecular complexity index is 916. The molecule has 2 aromatic carbocycles. The predicted molar refractivity (Wildman–Crippen MR) is 95.4 cm³/mol. The van der Waals surface area contributed by atoms with E-state index >= 15 is 0 Å². The molecule has 1 atom stereocenters. The molecule has 0 aromatic heterocycles. The third-order valence-corrected chi connectivity index (χ3v) is 4.66. The number of urea groups is 1. The van der Waals surface area contributed by atoms with Crippen molar-refractivity contribution in [1.82, 2.24) is 10.2 Å². The molecule has 0 bridgehead atoms. The van der Waals surface area contributed by atoms with E-state index < -0.39 is 29.1 Å². The highest BCUT2D eigenvalue weighted by molar-refractivity contribution is 6.07. The summed E-state index contributed by atoms with van der Waals surface area (Å²) in [6.45, 7) is 5.27. The summed E-state index contributed by atoms with van der Waals surface area (Å²) in [5.74, 6) is -1.44. The topological polar surface area (TPSA) is 58.6 Å². The Morgan fingerprint density at radius 2 is 1.85 bits per heavy atom. The van der Waals surface area contributed by atoms with Crippen molar-refractivity contribution in [2.24, 2.45) is 0 Å². The van der Waals surface area contributed by atoms with Crippen molar-refractivity contribution >= 4 is 11.9 Å². The Labute approximate surface area is 155 Å². The number of amides is 3. The van der Waals surface area contributed by atoms with Gasteiger partial charge in [0.05, 0.1) is 6.54 Å². The smallest absolute Gasteiger partial charge is 0.325 e. The Kier molecular flexibility index (Phi) is 4.87. The third kappa shape index (κ3) is 3.49. The number of hydrogen-bond acceptors (Lipinski definition) is 3. The Morgan fingerprint density at radius 3 is 2.59 bits per heavy atom. The molecule has 1 saturated heterocycles. The maximum absolute atomic E-state index is 14.1. The van der Waals surface area contributed by atoms with Crippen LogP contribution in [0.25, 0.3) is 0 Å². The van der Waals surface area contributed by atoms with Crippen molar-refractivity contribution < 1.29 is 23.1 Å². The molecule has 1 aliphatic rings. The second kappa shape index (κ2) is 6.98. The summed E-state index contributed by atoms with van der Waals surface area (Å²) in [5, 5.41) is 2.46. The number of imide groups is 1. The largest absolute Gasteiger partial charge is 0.491 e. The minimum absolute atomic E-state index is 0.00935. The molecule has 142 valence electrons. The highest BCUT2D eigenvalue weighted by Crippen LogP contribution is 2.31. The van der Waals surface area contributed by atoms with E-state index in [1.807, 2.05) is 32.0 Å². The van der Waals surface area contributed by atoms with Crippen molar-refractivity contribution in [2.45, 2.75) is 26.3 Å². The number of hydrogen-bond donors (Lipinski definition) is 1. The molecule has 2 aromatic rings. The van der Waals surface area contributed by atoms with Gasteiger partial charge in [-0.05, 0) is 56.2 Å². The third-order valence-electron chi connectivity index (χ3n) is 4.66. The van der Waals surface area contributed by atoms with Gasteiger partial charge in [0.15, 0.2) is 0 Å². The SMILES string of the molecule is Cc1ccc(C)c(OCCN2C(=O)NC(C)(c3cc(F)ccc3F)C2=O)c1. The van der Waals surface area contributed by atoms with Crippen LogP contribution < -0.4 is 10.1 Å². The van der Waals surface area contributed by atoms with Crippen LogP contribution in [-0.2, 0) is 10.3 Å². The van der Waals surface area contributed by atoms with Crippen molar-refractivity contribution in [3.05, 3.63) is 64.7 Å². The van der Waals surface area contributed by atoms with Gasteiger partial charge in [0.1, 0.15) is 29.5 Å². The number of carbonyl (C=O) groups is 2.